The number of piperidine rings is 2. The molecule has 8 heteroatoms. The normalized spacial score (nSPS) is 20.2. The molecular weight excluding hydrogens is 378 g/mol. The first-order valence-corrected chi connectivity index (χ1v) is 10.2. The Morgan fingerprint density at radius 1 is 0.964 bits per heavy atom. The molecule has 2 N–H and O–H groups in total. The highest BCUT2D eigenvalue weighted by Gasteiger charge is 2.46. The maximum Gasteiger partial charge on any atom is 0.275 e. The van der Waals surface area contributed by atoms with Gasteiger partial charge in [-0.15, -0.1) is 0 Å². The van der Waals surface area contributed by atoms with Gasteiger partial charge in [0, 0.05) is 13.1 Å². The molecule has 1 aromatic carbocycles. The van der Waals surface area contributed by atoms with E-state index in [0.29, 0.717) is 37.0 Å². The van der Waals surface area contributed by atoms with Crippen LogP contribution in [0.3, 0.4) is 0 Å². The van der Waals surface area contributed by atoms with E-state index in [1.807, 2.05) is 18.2 Å². The van der Waals surface area contributed by atoms with Crippen LogP contribution in [0.5, 0.6) is 0 Å². The quantitative estimate of drug-likeness (QED) is 0.851. The molecule has 0 bridgehead atoms. The van der Waals surface area contributed by atoms with Gasteiger partial charge in [0.25, 0.3) is 5.91 Å². The van der Waals surface area contributed by atoms with Crippen LogP contribution in [0.2, 0.25) is 5.15 Å². The second-order valence-corrected chi connectivity index (χ2v) is 7.95. The Morgan fingerprint density at radius 3 is 2.18 bits per heavy atom. The van der Waals surface area contributed by atoms with Crippen LogP contribution in [0.1, 0.15) is 42.6 Å². The van der Waals surface area contributed by atoms with Crippen molar-refractivity contribution in [3.63, 3.8) is 0 Å². The first-order valence-electron chi connectivity index (χ1n) is 9.78. The molecule has 2 aliphatic rings. The molecule has 0 atom stereocenters. The number of nitrogens with zero attached hydrogens (tertiary/aromatic N) is 4. The molecule has 4 rings (SSSR count). The molecule has 7 nitrogen and oxygen atoms in total. The van der Waals surface area contributed by atoms with Crippen molar-refractivity contribution < 1.29 is 9.59 Å². The van der Waals surface area contributed by atoms with Crippen LogP contribution in [0.4, 0.5) is 0 Å². The number of hydrogen-bond acceptors (Lipinski definition) is 5. The lowest BCUT2D eigenvalue weighted by Gasteiger charge is -2.48. The minimum Gasteiger partial charge on any atom is -0.368 e. The number of aromatic nitrogens is 2. The molecule has 0 spiro atoms. The third-order valence-electron chi connectivity index (χ3n) is 6.03. The first kappa shape index (κ1) is 19.1. The highest BCUT2D eigenvalue weighted by Crippen LogP contribution is 2.32. The van der Waals surface area contributed by atoms with E-state index in [9.17, 15) is 9.59 Å². The van der Waals surface area contributed by atoms with E-state index in [0.717, 1.165) is 25.9 Å². The second-order valence-electron chi connectivity index (χ2n) is 7.59. The Morgan fingerprint density at radius 2 is 1.57 bits per heavy atom. The molecular formula is C20H24ClN5O2. The third kappa shape index (κ3) is 3.33. The maximum absolute atomic E-state index is 13.0. The molecule has 148 valence electrons. The summed E-state index contributed by atoms with van der Waals surface area (Å²) >= 11 is 6.24. The molecule has 28 heavy (non-hydrogen) atoms. The van der Waals surface area contributed by atoms with Gasteiger partial charge in [-0.2, -0.15) is 0 Å². The molecule has 2 aliphatic heterocycles. The standard InChI is InChI=1S/C20H24ClN5O2/c21-17-16(23-14-6-2-3-7-15(14)24-17)18(27)25-12-8-20(9-13-25,19(22)28)26-10-4-1-5-11-26/h2-3,6-7H,1,4-5,8-13H2,(H2,22,28). The minimum absolute atomic E-state index is 0.103. The molecule has 0 aliphatic carbocycles. The van der Waals surface area contributed by atoms with E-state index >= 15 is 0 Å². The maximum atomic E-state index is 13.0. The summed E-state index contributed by atoms with van der Waals surface area (Å²) < 4.78 is 0. The summed E-state index contributed by atoms with van der Waals surface area (Å²) in [6, 6.07) is 7.31. The fraction of sp³-hybridized carbons (Fsp3) is 0.500. The minimum atomic E-state index is -0.657. The number of amides is 2. The summed E-state index contributed by atoms with van der Waals surface area (Å²) in [5.41, 5.74) is 6.61. The average molecular weight is 402 g/mol. The lowest BCUT2D eigenvalue weighted by molar-refractivity contribution is -0.134. The van der Waals surface area contributed by atoms with E-state index < -0.39 is 5.54 Å². The molecule has 2 amide bonds. The van der Waals surface area contributed by atoms with Crippen molar-refractivity contribution in [1.29, 1.82) is 0 Å². The van der Waals surface area contributed by atoms with Crippen molar-refractivity contribution in [2.45, 2.75) is 37.6 Å². The van der Waals surface area contributed by atoms with Crippen LogP contribution in [-0.2, 0) is 4.79 Å². The molecule has 3 heterocycles. The van der Waals surface area contributed by atoms with Crippen LogP contribution in [0.15, 0.2) is 24.3 Å². The number of halogens is 1. The molecule has 2 fully saturated rings. The van der Waals surface area contributed by atoms with Gasteiger partial charge >= 0.3 is 0 Å². The SMILES string of the molecule is NC(=O)C1(N2CCCCC2)CCN(C(=O)c2nc3ccccc3nc2Cl)CC1. The van der Waals surface area contributed by atoms with Gasteiger partial charge in [-0.3, -0.25) is 14.5 Å². The fourth-order valence-electron chi connectivity index (χ4n) is 4.38. The number of primary amides is 1. The van der Waals surface area contributed by atoms with Crippen molar-refractivity contribution in [1.82, 2.24) is 19.8 Å². The van der Waals surface area contributed by atoms with Crippen LogP contribution < -0.4 is 5.73 Å². The zero-order chi connectivity index (χ0) is 19.7. The third-order valence-corrected chi connectivity index (χ3v) is 6.29. The summed E-state index contributed by atoms with van der Waals surface area (Å²) in [5.74, 6) is -0.537. The smallest absolute Gasteiger partial charge is 0.275 e. The van der Waals surface area contributed by atoms with Gasteiger partial charge in [0.1, 0.15) is 5.54 Å². The molecule has 0 radical (unpaired) electrons. The van der Waals surface area contributed by atoms with Gasteiger partial charge in [-0.25, -0.2) is 9.97 Å². The number of rotatable bonds is 3. The lowest BCUT2D eigenvalue weighted by atomic mass is 9.83. The van der Waals surface area contributed by atoms with E-state index in [2.05, 4.69) is 14.9 Å². The monoisotopic (exact) mass is 401 g/mol. The molecule has 0 saturated carbocycles. The van der Waals surface area contributed by atoms with E-state index in [1.54, 1.807) is 11.0 Å². The van der Waals surface area contributed by atoms with Gasteiger partial charge in [0.2, 0.25) is 5.91 Å². The van der Waals surface area contributed by atoms with Crippen LogP contribution in [0.25, 0.3) is 11.0 Å². The van der Waals surface area contributed by atoms with Crippen molar-refractivity contribution in [2.75, 3.05) is 26.2 Å². The summed E-state index contributed by atoms with van der Waals surface area (Å²) in [4.78, 5) is 38.0. The van der Waals surface area contributed by atoms with Crippen molar-refractivity contribution in [3.8, 4) is 0 Å². The number of para-hydroxylation sites is 2. The highest BCUT2D eigenvalue weighted by atomic mass is 35.5. The number of carbonyl (C=O) groups is 2. The van der Waals surface area contributed by atoms with Gasteiger partial charge in [0.15, 0.2) is 10.8 Å². The van der Waals surface area contributed by atoms with Crippen molar-refractivity contribution >= 4 is 34.4 Å². The van der Waals surface area contributed by atoms with Crippen molar-refractivity contribution in [3.05, 3.63) is 35.1 Å². The first-order chi connectivity index (χ1) is 13.5. The molecule has 2 saturated heterocycles. The highest BCUT2D eigenvalue weighted by molar-refractivity contribution is 6.32. The van der Waals surface area contributed by atoms with Gasteiger partial charge < -0.3 is 10.6 Å². The number of carbonyl (C=O) groups excluding carboxylic acids is 2. The van der Waals surface area contributed by atoms with Crippen LogP contribution in [-0.4, -0.2) is 63.3 Å². The molecule has 1 aromatic heterocycles. The van der Waals surface area contributed by atoms with Gasteiger partial charge in [-0.05, 0) is 50.9 Å². The van der Waals surface area contributed by atoms with Gasteiger partial charge in [0.05, 0.1) is 11.0 Å². The predicted molar refractivity (Wildman–Crippen MR) is 107 cm³/mol. The average Bonchev–Trinajstić information content (AvgIpc) is 2.73. The lowest BCUT2D eigenvalue weighted by Crippen LogP contribution is -2.63. The molecule has 0 unspecified atom stereocenters. The predicted octanol–water partition coefficient (Wildman–Crippen LogP) is 2.23. The Hall–Kier alpha value is -2.25. The number of likely N-dealkylation sites (tertiary alicyclic amines) is 2. The zero-order valence-electron chi connectivity index (χ0n) is 15.7. The Bertz CT molecular complexity index is 905. The second kappa shape index (κ2) is 7.64. The Balaban J connectivity index is 1.53. The summed E-state index contributed by atoms with van der Waals surface area (Å²) in [6.07, 6.45) is 4.43. The summed E-state index contributed by atoms with van der Waals surface area (Å²) in [6.45, 7) is 2.67. The fourth-order valence-corrected chi connectivity index (χ4v) is 4.60. The Kier molecular flexibility index (Phi) is 5.21. The van der Waals surface area contributed by atoms with E-state index in [4.69, 9.17) is 17.3 Å². The number of hydrogen-bond donors (Lipinski definition) is 1. The van der Waals surface area contributed by atoms with Crippen LogP contribution in [0, 0.1) is 0 Å². The largest absolute Gasteiger partial charge is 0.368 e. The zero-order valence-corrected chi connectivity index (χ0v) is 16.5. The summed E-state index contributed by atoms with van der Waals surface area (Å²) in [7, 11) is 0. The number of nitrogens with two attached hydrogens (primary N) is 1. The van der Waals surface area contributed by atoms with Crippen LogP contribution >= 0.6 is 11.6 Å². The van der Waals surface area contributed by atoms with Gasteiger partial charge in [-0.1, -0.05) is 30.2 Å². The topological polar surface area (TPSA) is 92.4 Å². The Labute approximate surface area is 168 Å². The number of benzene rings is 1. The van der Waals surface area contributed by atoms with E-state index in [-0.39, 0.29) is 22.7 Å². The number of fused-ring (bicyclic) bond motifs is 1. The summed E-state index contributed by atoms with van der Waals surface area (Å²) in [5, 5.41) is 0.103. The molecule has 2 aromatic rings. The van der Waals surface area contributed by atoms with E-state index in [1.165, 1.54) is 6.42 Å². The van der Waals surface area contributed by atoms with Crippen molar-refractivity contribution in [2.24, 2.45) is 5.73 Å².